The minimum atomic E-state index is -0.382. The number of carbonyl (C=O) groups excluding carboxylic acids is 2. The molecule has 250 valence electrons. The minimum Gasteiger partial charge on any atom is -0.497 e. The zero-order valence-corrected chi connectivity index (χ0v) is 27.8. The van der Waals surface area contributed by atoms with Gasteiger partial charge in [-0.3, -0.25) is 14.4 Å². The van der Waals surface area contributed by atoms with Gasteiger partial charge in [0.05, 0.1) is 40.2 Å². The first-order valence-corrected chi connectivity index (χ1v) is 16.0. The summed E-state index contributed by atoms with van der Waals surface area (Å²) >= 11 is 0. The predicted molar refractivity (Wildman–Crippen MR) is 182 cm³/mol. The fraction of sp³-hybridized carbons (Fsp3) is 0.417. The van der Waals surface area contributed by atoms with Crippen molar-refractivity contribution in [2.75, 3.05) is 71.4 Å². The second-order valence-electron chi connectivity index (χ2n) is 11.7. The summed E-state index contributed by atoms with van der Waals surface area (Å²) in [7, 11) is 6.36. The summed E-state index contributed by atoms with van der Waals surface area (Å²) in [4.78, 5) is 42.9. The lowest BCUT2D eigenvalue weighted by Crippen LogP contribution is -2.48. The summed E-state index contributed by atoms with van der Waals surface area (Å²) < 4.78 is 22.4. The van der Waals surface area contributed by atoms with Gasteiger partial charge in [0.2, 0.25) is 23.0 Å². The smallest absolute Gasteiger partial charge is 0.222 e. The third-order valence-corrected chi connectivity index (χ3v) is 8.87. The number of nitrogens with zero attached hydrogens (tertiary/aromatic N) is 2. The lowest BCUT2D eigenvalue weighted by molar-refractivity contribution is -0.131. The van der Waals surface area contributed by atoms with E-state index in [0.717, 1.165) is 41.2 Å². The number of hydrogen-bond donors (Lipinski definition) is 2. The van der Waals surface area contributed by atoms with Gasteiger partial charge in [-0.05, 0) is 78.4 Å². The highest BCUT2D eigenvalue weighted by Crippen LogP contribution is 2.50. The predicted octanol–water partition coefficient (Wildman–Crippen LogP) is 4.41. The van der Waals surface area contributed by atoms with Crippen LogP contribution in [0.4, 0.5) is 11.4 Å². The average Bonchev–Trinajstić information content (AvgIpc) is 3.33. The van der Waals surface area contributed by atoms with Crippen molar-refractivity contribution in [3.8, 4) is 34.1 Å². The molecule has 11 heteroatoms. The second-order valence-corrected chi connectivity index (χ2v) is 11.7. The fourth-order valence-electron chi connectivity index (χ4n) is 6.48. The Morgan fingerprint density at radius 3 is 2.23 bits per heavy atom. The minimum absolute atomic E-state index is 0.111. The van der Waals surface area contributed by atoms with Gasteiger partial charge in [0, 0.05) is 57.3 Å². The second kappa shape index (κ2) is 15.1. The summed E-state index contributed by atoms with van der Waals surface area (Å²) in [5.41, 5.74) is 4.56. The van der Waals surface area contributed by atoms with Gasteiger partial charge < -0.3 is 39.4 Å². The first kappa shape index (κ1) is 33.4. The Morgan fingerprint density at radius 1 is 0.872 bits per heavy atom. The zero-order chi connectivity index (χ0) is 33.5. The maximum Gasteiger partial charge on any atom is 0.222 e. The Balaban J connectivity index is 1.29. The number of amides is 2. The molecule has 11 nitrogen and oxygen atoms in total. The van der Waals surface area contributed by atoms with Gasteiger partial charge in [0.25, 0.3) is 0 Å². The number of carbonyl (C=O) groups is 2. The van der Waals surface area contributed by atoms with E-state index in [1.165, 1.54) is 6.92 Å². The van der Waals surface area contributed by atoms with E-state index in [1.54, 1.807) is 40.6 Å². The highest BCUT2D eigenvalue weighted by Gasteiger charge is 2.29. The van der Waals surface area contributed by atoms with Crippen molar-refractivity contribution < 1.29 is 28.5 Å². The molecular formula is C36H44N4O7. The number of anilines is 2. The Bertz CT molecular complexity index is 1650. The van der Waals surface area contributed by atoms with Crippen molar-refractivity contribution in [2.24, 2.45) is 0 Å². The molecule has 0 radical (unpaired) electrons. The number of methoxy groups -OCH3 is 4. The summed E-state index contributed by atoms with van der Waals surface area (Å²) in [5.74, 6) is 2.25. The van der Waals surface area contributed by atoms with Crippen molar-refractivity contribution in [1.82, 2.24) is 10.2 Å². The standard InChI is InChI=1S/C36H44N4O7/c1-23(41)38-29-14-8-24-21-32(45-3)35(46-4)36(47-5)34(24)27-13-15-30(31(42)22-28(27)29)37-16-6-7-33(43)40-19-17-39(18-20-40)25-9-11-26(44-2)12-10-25/h9-13,15,21-22,29H,6-8,14,16-20H2,1-5H3,(H,37,42)(H,38,41). The number of hydrogen-bond acceptors (Lipinski definition) is 9. The topological polar surface area (TPSA) is 119 Å². The van der Waals surface area contributed by atoms with Crippen LogP contribution in [-0.4, -0.2) is 77.9 Å². The summed E-state index contributed by atoms with van der Waals surface area (Å²) in [5, 5.41) is 6.28. The molecule has 5 rings (SSSR count). The van der Waals surface area contributed by atoms with Gasteiger partial charge in [-0.2, -0.15) is 0 Å². The van der Waals surface area contributed by atoms with E-state index in [2.05, 4.69) is 15.5 Å². The van der Waals surface area contributed by atoms with Crippen LogP contribution in [0.1, 0.15) is 43.4 Å². The molecule has 1 atom stereocenters. The quantitative estimate of drug-likeness (QED) is 0.293. The lowest BCUT2D eigenvalue weighted by atomic mass is 9.95. The molecule has 3 aromatic carbocycles. The molecule has 47 heavy (non-hydrogen) atoms. The summed E-state index contributed by atoms with van der Waals surface area (Å²) in [6.45, 7) is 4.81. The molecule has 2 aliphatic rings. The van der Waals surface area contributed by atoms with Gasteiger partial charge in [-0.1, -0.05) is 6.07 Å². The number of nitrogens with one attached hydrogen (secondary N) is 2. The Labute approximate surface area is 275 Å². The molecular weight excluding hydrogens is 600 g/mol. The number of ether oxygens (including phenoxy) is 4. The van der Waals surface area contributed by atoms with Crippen LogP contribution < -0.4 is 39.9 Å². The number of piperazine rings is 1. The van der Waals surface area contributed by atoms with E-state index < -0.39 is 0 Å². The zero-order valence-electron chi connectivity index (χ0n) is 27.8. The van der Waals surface area contributed by atoms with E-state index in [1.807, 2.05) is 41.3 Å². The number of rotatable bonds is 11. The maximum absolute atomic E-state index is 13.5. The van der Waals surface area contributed by atoms with Crippen LogP contribution in [-0.2, 0) is 16.0 Å². The van der Waals surface area contributed by atoms with Crippen molar-refractivity contribution in [2.45, 2.75) is 38.6 Å². The lowest BCUT2D eigenvalue weighted by Gasteiger charge is -2.36. The van der Waals surface area contributed by atoms with Gasteiger partial charge in [0.1, 0.15) is 5.75 Å². The first-order chi connectivity index (χ1) is 22.8. The molecule has 1 fully saturated rings. The molecule has 1 unspecified atom stereocenters. The average molecular weight is 645 g/mol. The third kappa shape index (κ3) is 7.40. The number of benzene rings is 2. The van der Waals surface area contributed by atoms with Gasteiger partial charge in [0.15, 0.2) is 11.5 Å². The summed E-state index contributed by atoms with van der Waals surface area (Å²) in [6.07, 6.45) is 2.17. The Kier molecular flexibility index (Phi) is 10.7. The molecule has 0 spiro atoms. The van der Waals surface area contributed by atoms with Crippen molar-refractivity contribution in [3.63, 3.8) is 0 Å². The van der Waals surface area contributed by atoms with Gasteiger partial charge in [-0.25, -0.2) is 0 Å². The van der Waals surface area contributed by atoms with Crippen LogP contribution in [0.2, 0.25) is 0 Å². The highest BCUT2D eigenvalue weighted by molar-refractivity contribution is 5.84. The molecule has 0 aromatic heterocycles. The summed E-state index contributed by atoms with van der Waals surface area (Å²) in [6, 6.07) is 14.8. The first-order valence-electron chi connectivity index (χ1n) is 16.0. The number of fused-ring (bicyclic) bond motifs is 3. The molecule has 2 amide bonds. The molecule has 1 heterocycles. The van der Waals surface area contributed by atoms with Crippen molar-refractivity contribution >= 4 is 23.2 Å². The fourth-order valence-corrected chi connectivity index (χ4v) is 6.48. The molecule has 1 aliphatic heterocycles. The van der Waals surface area contributed by atoms with E-state index in [-0.39, 0.29) is 23.3 Å². The van der Waals surface area contributed by atoms with Crippen LogP contribution in [0.3, 0.4) is 0 Å². The van der Waals surface area contributed by atoms with Crippen LogP contribution in [0.25, 0.3) is 11.1 Å². The normalized spacial score (nSPS) is 15.5. The van der Waals surface area contributed by atoms with Crippen LogP contribution in [0, 0.1) is 0 Å². The van der Waals surface area contributed by atoms with Crippen LogP contribution >= 0.6 is 0 Å². The molecule has 2 N–H and O–H groups in total. The van der Waals surface area contributed by atoms with Crippen molar-refractivity contribution in [1.29, 1.82) is 0 Å². The monoisotopic (exact) mass is 644 g/mol. The van der Waals surface area contributed by atoms with E-state index in [0.29, 0.717) is 73.8 Å². The molecule has 3 aromatic rings. The molecule has 1 saturated heterocycles. The Hall–Kier alpha value is -4.93. The maximum atomic E-state index is 13.5. The SMILES string of the molecule is COc1ccc(N2CCN(C(=O)CCCNc3ccc4c(cc3=O)C(NC(C)=O)CCc3cc(OC)c(OC)c(OC)c3-4)CC2)cc1. The number of aryl methyl sites for hydroxylation is 1. The van der Waals surface area contributed by atoms with E-state index in [9.17, 15) is 14.4 Å². The highest BCUT2D eigenvalue weighted by atomic mass is 16.5. The van der Waals surface area contributed by atoms with Crippen LogP contribution in [0.5, 0.6) is 23.0 Å². The van der Waals surface area contributed by atoms with Crippen LogP contribution in [0.15, 0.2) is 53.3 Å². The van der Waals surface area contributed by atoms with E-state index in [4.69, 9.17) is 18.9 Å². The molecule has 1 aliphatic carbocycles. The largest absolute Gasteiger partial charge is 0.497 e. The van der Waals surface area contributed by atoms with Gasteiger partial charge in [-0.15, -0.1) is 0 Å². The van der Waals surface area contributed by atoms with E-state index >= 15 is 0 Å². The van der Waals surface area contributed by atoms with Gasteiger partial charge >= 0.3 is 0 Å². The molecule has 0 saturated carbocycles. The third-order valence-electron chi connectivity index (χ3n) is 8.87. The Morgan fingerprint density at radius 2 is 1.60 bits per heavy atom. The molecule has 0 bridgehead atoms. The van der Waals surface area contributed by atoms with Crippen molar-refractivity contribution in [3.05, 3.63) is 69.9 Å².